The van der Waals surface area contributed by atoms with Crippen LogP contribution in [-0.4, -0.2) is 53.8 Å². The highest BCUT2D eigenvalue weighted by atomic mass is 16.2. The SMILES string of the molecule is CCC(=O)N1CCCN(C(=O)C2C=CC(N)C2)CC1. The van der Waals surface area contributed by atoms with Crippen LogP contribution in [-0.2, 0) is 9.59 Å². The fraction of sp³-hybridized carbons (Fsp3) is 0.714. The fourth-order valence-corrected chi connectivity index (χ4v) is 2.76. The highest BCUT2D eigenvalue weighted by Gasteiger charge is 2.28. The van der Waals surface area contributed by atoms with Crippen molar-refractivity contribution in [1.29, 1.82) is 0 Å². The van der Waals surface area contributed by atoms with E-state index in [2.05, 4.69) is 0 Å². The molecule has 2 rings (SSSR count). The molecule has 0 aromatic heterocycles. The minimum Gasteiger partial charge on any atom is -0.341 e. The standard InChI is InChI=1S/C14H23N3O2/c1-2-13(18)16-6-3-7-17(9-8-16)14(19)11-4-5-12(15)10-11/h4-5,11-12H,2-3,6-10,15H2,1H3. The number of nitrogens with two attached hydrogens (primary N) is 1. The molecule has 1 heterocycles. The molecule has 2 N–H and O–H groups in total. The summed E-state index contributed by atoms with van der Waals surface area (Å²) in [5.41, 5.74) is 5.79. The number of carbonyl (C=O) groups is 2. The predicted octanol–water partition coefficient (Wildman–Crippen LogP) is 0.361. The maximum Gasteiger partial charge on any atom is 0.229 e. The molecular formula is C14H23N3O2. The van der Waals surface area contributed by atoms with E-state index < -0.39 is 0 Å². The van der Waals surface area contributed by atoms with Crippen LogP contribution in [0.2, 0.25) is 0 Å². The topological polar surface area (TPSA) is 66.6 Å². The Hall–Kier alpha value is -1.36. The van der Waals surface area contributed by atoms with Gasteiger partial charge in [-0.25, -0.2) is 0 Å². The van der Waals surface area contributed by atoms with Gasteiger partial charge in [0, 0.05) is 38.6 Å². The normalized spacial score (nSPS) is 27.5. The van der Waals surface area contributed by atoms with Gasteiger partial charge in [0.15, 0.2) is 0 Å². The molecule has 2 atom stereocenters. The summed E-state index contributed by atoms with van der Waals surface area (Å²) < 4.78 is 0. The van der Waals surface area contributed by atoms with Crippen LogP contribution in [0.4, 0.5) is 0 Å². The molecule has 0 aromatic rings. The number of nitrogens with zero attached hydrogens (tertiary/aromatic N) is 2. The van der Waals surface area contributed by atoms with E-state index in [9.17, 15) is 9.59 Å². The lowest BCUT2D eigenvalue weighted by atomic mass is 10.1. The predicted molar refractivity (Wildman–Crippen MR) is 73.3 cm³/mol. The smallest absolute Gasteiger partial charge is 0.229 e. The van der Waals surface area contributed by atoms with Crippen molar-refractivity contribution in [3.63, 3.8) is 0 Å². The summed E-state index contributed by atoms with van der Waals surface area (Å²) in [6.45, 7) is 4.67. The van der Waals surface area contributed by atoms with Crippen molar-refractivity contribution in [3.8, 4) is 0 Å². The van der Waals surface area contributed by atoms with Gasteiger partial charge in [0.2, 0.25) is 11.8 Å². The Morgan fingerprint density at radius 3 is 2.47 bits per heavy atom. The van der Waals surface area contributed by atoms with Crippen molar-refractivity contribution in [2.75, 3.05) is 26.2 Å². The van der Waals surface area contributed by atoms with E-state index in [1.807, 2.05) is 28.9 Å². The van der Waals surface area contributed by atoms with Crippen molar-refractivity contribution < 1.29 is 9.59 Å². The van der Waals surface area contributed by atoms with Crippen LogP contribution in [0.1, 0.15) is 26.2 Å². The molecule has 2 aliphatic rings. The monoisotopic (exact) mass is 265 g/mol. The number of carbonyl (C=O) groups excluding carboxylic acids is 2. The van der Waals surface area contributed by atoms with E-state index in [1.165, 1.54) is 0 Å². The van der Waals surface area contributed by atoms with Crippen molar-refractivity contribution in [3.05, 3.63) is 12.2 Å². The second kappa shape index (κ2) is 6.19. The quantitative estimate of drug-likeness (QED) is 0.733. The number of hydrogen-bond acceptors (Lipinski definition) is 3. The third-order valence-electron chi connectivity index (χ3n) is 3.90. The molecule has 2 unspecified atom stereocenters. The minimum atomic E-state index is -0.0663. The zero-order chi connectivity index (χ0) is 13.8. The number of rotatable bonds is 2. The average Bonchev–Trinajstić information content (AvgIpc) is 2.71. The molecule has 1 saturated heterocycles. The van der Waals surface area contributed by atoms with Crippen LogP contribution >= 0.6 is 0 Å². The van der Waals surface area contributed by atoms with Crippen LogP contribution in [0.15, 0.2) is 12.2 Å². The summed E-state index contributed by atoms with van der Waals surface area (Å²) in [4.78, 5) is 27.8. The molecule has 5 heteroatoms. The van der Waals surface area contributed by atoms with Crippen molar-refractivity contribution in [2.24, 2.45) is 11.7 Å². The van der Waals surface area contributed by atoms with Gasteiger partial charge in [-0.15, -0.1) is 0 Å². The summed E-state index contributed by atoms with van der Waals surface area (Å²) in [7, 11) is 0. The maximum atomic E-state index is 12.4. The molecule has 106 valence electrons. The highest BCUT2D eigenvalue weighted by Crippen LogP contribution is 2.20. The fourth-order valence-electron chi connectivity index (χ4n) is 2.76. The lowest BCUT2D eigenvalue weighted by molar-refractivity contribution is -0.135. The minimum absolute atomic E-state index is 0.0131. The largest absolute Gasteiger partial charge is 0.341 e. The molecule has 19 heavy (non-hydrogen) atoms. The molecule has 0 bridgehead atoms. The van der Waals surface area contributed by atoms with E-state index in [0.29, 0.717) is 25.9 Å². The first kappa shape index (κ1) is 14.1. The van der Waals surface area contributed by atoms with Gasteiger partial charge in [0.1, 0.15) is 0 Å². The summed E-state index contributed by atoms with van der Waals surface area (Å²) in [5.74, 6) is 0.274. The van der Waals surface area contributed by atoms with Gasteiger partial charge < -0.3 is 15.5 Å². The van der Waals surface area contributed by atoms with E-state index in [1.54, 1.807) is 0 Å². The van der Waals surface area contributed by atoms with Gasteiger partial charge in [0.25, 0.3) is 0 Å². The van der Waals surface area contributed by atoms with Crippen LogP contribution in [0, 0.1) is 5.92 Å². The summed E-state index contributed by atoms with van der Waals surface area (Å²) in [6, 6.07) is 0.0131. The summed E-state index contributed by atoms with van der Waals surface area (Å²) in [5, 5.41) is 0. The number of amides is 2. The molecule has 0 saturated carbocycles. The Bertz CT molecular complexity index is 381. The van der Waals surface area contributed by atoms with Gasteiger partial charge in [-0.2, -0.15) is 0 Å². The first-order chi connectivity index (χ1) is 9.11. The Kier molecular flexibility index (Phi) is 4.58. The second-order valence-electron chi connectivity index (χ2n) is 5.30. The zero-order valence-electron chi connectivity index (χ0n) is 11.5. The van der Waals surface area contributed by atoms with Gasteiger partial charge in [-0.05, 0) is 12.8 Å². The molecule has 2 amide bonds. The van der Waals surface area contributed by atoms with Crippen molar-refractivity contribution >= 4 is 11.8 Å². The van der Waals surface area contributed by atoms with Gasteiger partial charge >= 0.3 is 0 Å². The molecule has 1 aliphatic heterocycles. The Morgan fingerprint density at radius 1 is 1.16 bits per heavy atom. The van der Waals surface area contributed by atoms with Crippen LogP contribution in [0.25, 0.3) is 0 Å². The summed E-state index contributed by atoms with van der Waals surface area (Å²) in [6.07, 6.45) is 5.95. The molecular weight excluding hydrogens is 242 g/mol. The first-order valence-corrected chi connectivity index (χ1v) is 7.12. The second-order valence-corrected chi connectivity index (χ2v) is 5.30. The van der Waals surface area contributed by atoms with E-state index in [0.717, 1.165) is 19.5 Å². The van der Waals surface area contributed by atoms with Crippen LogP contribution in [0.3, 0.4) is 0 Å². The Morgan fingerprint density at radius 2 is 1.84 bits per heavy atom. The third kappa shape index (κ3) is 3.35. The molecule has 1 aliphatic carbocycles. The van der Waals surface area contributed by atoms with Gasteiger partial charge in [-0.1, -0.05) is 19.1 Å². The molecule has 0 spiro atoms. The van der Waals surface area contributed by atoms with E-state index >= 15 is 0 Å². The van der Waals surface area contributed by atoms with E-state index in [4.69, 9.17) is 5.73 Å². The van der Waals surface area contributed by atoms with E-state index in [-0.39, 0.29) is 23.8 Å². The molecule has 5 nitrogen and oxygen atoms in total. The highest BCUT2D eigenvalue weighted by molar-refractivity contribution is 5.81. The lowest BCUT2D eigenvalue weighted by Gasteiger charge is -2.24. The third-order valence-corrected chi connectivity index (χ3v) is 3.90. The average molecular weight is 265 g/mol. The molecule has 1 fully saturated rings. The van der Waals surface area contributed by atoms with Gasteiger partial charge in [0.05, 0.1) is 5.92 Å². The summed E-state index contributed by atoms with van der Waals surface area (Å²) >= 11 is 0. The van der Waals surface area contributed by atoms with Crippen LogP contribution < -0.4 is 5.73 Å². The molecule has 0 radical (unpaired) electrons. The lowest BCUT2D eigenvalue weighted by Crippen LogP contribution is -2.39. The number of hydrogen-bond donors (Lipinski definition) is 1. The molecule has 0 aromatic carbocycles. The Balaban J connectivity index is 1.90. The first-order valence-electron chi connectivity index (χ1n) is 7.12. The Labute approximate surface area is 114 Å². The van der Waals surface area contributed by atoms with Crippen LogP contribution in [0.5, 0.6) is 0 Å². The van der Waals surface area contributed by atoms with Crippen molar-refractivity contribution in [1.82, 2.24) is 9.80 Å². The van der Waals surface area contributed by atoms with Gasteiger partial charge in [-0.3, -0.25) is 9.59 Å². The van der Waals surface area contributed by atoms with Crippen molar-refractivity contribution in [2.45, 2.75) is 32.2 Å². The maximum absolute atomic E-state index is 12.4. The zero-order valence-corrected chi connectivity index (χ0v) is 11.5.